The van der Waals surface area contributed by atoms with Gasteiger partial charge in [-0.15, -0.1) is 11.3 Å². The average Bonchev–Trinajstić information content (AvgIpc) is 3.03. The van der Waals surface area contributed by atoms with Gasteiger partial charge in [-0.1, -0.05) is 41.5 Å². The number of phenols is 1. The van der Waals surface area contributed by atoms with Gasteiger partial charge in [-0.25, -0.2) is 4.98 Å². The number of nitrogens with zero attached hydrogens (tertiary/aromatic N) is 2. The van der Waals surface area contributed by atoms with E-state index in [1.807, 2.05) is 0 Å². The van der Waals surface area contributed by atoms with Gasteiger partial charge in [0.25, 0.3) is 0 Å². The molecule has 5 heteroatoms. The second-order valence-corrected chi connectivity index (χ2v) is 10.0. The molecular formula is C21H31N3OS. The Balaban J connectivity index is 2.06. The topological polar surface area (TPSA) is 48.4 Å². The van der Waals surface area contributed by atoms with E-state index in [2.05, 4.69) is 69.3 Å². The predicted molar refractivity (Wildman–Crippen MR) is 112 cm³/mol. The van der Waals surface area contributed by atoms with Crippen LogP contribution in [0.1, 0.15) is 52.7 Å². The normalized spacial score (nSPS) is 16.2. The third kappa shape index (κ3) is 3.89. The second-order valence-electron chi connectivity index (χ2n) is 9.17. The molecule has 0 amide bonds. The third-order valence-electron chi connectivity index (χ3n) is 4.90. The van der Waals surface area contributed by atoms with Crippen LogP contribution in [0.4, 0.5) is 5.13 Å². The molecule has 2 heterocycles. The first-order valence-electron chi connectivity index (χ1n) is 9.37. The number of benzene rings is 1. The Morgan fingerprint density at radius 1 is 1.00 bits per heavy atom. The standard InChI is InChI=1S/C21H31N3OS/c1-20(2,3)15-11-14(12-16(18(15)25)21(4,5)6)17-13-26-19(23-17)24-9-7-22-8-10-24/h11-13,22,25H,7-10H2,1-6H3. The lowest BCUT2D eigenvalue weighted by Crippen LogP contribution is -2.43. The number of anilines is 1. The van der Waals surface area contributed by atoms with Crippen LogP contribution in [0.5, 0.6) is 5.75 Å². The number of piperazine rings is 1. The molecule has 0 radical (unpaired) electrons. The summed E-state index contributed by atoms with van der Waals surface area (Å²) in [6, 6.07) is 4.22. The summed E-state index contributed by atoms with van der Waals surface area (Å²) >= 11 is 1.71. The summed E-state index contributed by atoms with van der Waals surface area (Å²) in [6.07, 6.45) is 0. The maximum Gasteiger partial charge on any atom is 0.185 e. The SMILES string of the molecule is CC(C)(C)c1cc(-c2csc(N3CCNCC3)n2)cc(C(C)(C)C)c1O. The molecule has 3 rings (SSSR count). The van der Waals surface area contributed by atoms with Crippen molar-refractivity contribution in [2.45, 2.75) is 52.4 Å². The number of hydrogen-bond acceptors (Lipinski definition) is 5. The highest BCUT2D eigenvalue weighted by Gasteiger charge is 2.27. The lowest BCUT2D eigenvalue weighted by atomic mass is 9.78. The van der Waals surface area contributed by atoms with Gasteiger partial charge in [-0.2, -0.15) is 0 Å². The monoisotopic (exact) mass is 373 g/mol. The zero-order valence-electron chi connectivity index (χ0n) is 16.8. The van der Waals surface area contributed by atoms with E-state index >= 15 is 0 Å². The molecule has 2 N–H and O–H groups in total. The third-order valence-corrected chi connectivity index (χ3v) is 5.80. The van der Waals surface area contributed by atoms with Crippen molar-refractivity contribution in [2.75, 3.05) is 31.1 Å². The van der Waals surface area contributed by atoms with E-state index < -0.39 is 0 Å². The number of aromatic nitrogens is 1. The first-order valence-corrected chi connectivity index (χ1v) is 10.2. The molecule has 1 saturated heterocycles. The van der Waals surface area contributed by atoms with Crippen LogP contribution in [0.2, 0.25) is 0 Å². The molecule has 26 heavy (non-hydrogen) atoms. The molecule has 1 aromatic carbocycles. The number of rotatable bonds is 2. The molecule has 0 aliphatic carbocycles. The van der Waals surface area contributed by atoms with Gasteiger partial charge in [0, 0.05) is 48.2 Å². The van der Waals surface area contributed by atoms with Crippen molar-refractivity contribution in [3.05, 3.63) is 28.6 Å². The Kier molecular flexibility index (Phi) is 5.06. The number of hydrogen-bond donors (Lipinski definition) is 2. The Labute approximate surface area is 161 Å². The number of aromatic hydroxyl groups is 1. The van der Waals surface area contributed by atoms with E-state index in [9.17, 15) is 5.11 Å². The van der Waals surface area contributed by atoms with E-state index in [0.29, 0.717) is 5.75 Å². The molecule has 4 nitrogen and oxygen atoms in total. The molecule has 1 aromatic heterocycles. The smallest absolute Gasteiger partial charge is 0.185 e. The Morgan fingerprint density at radius 2 is 1.54 bits per heavy atom. The van der Waals surface area contributed by atoms with E-state index in [1.165, 1.54) is 0 Å². The largest absolute Gasteiger partial charge is 0.507 e. The lowest BCUT2D eigenvalue weighted by Gasteiger charge is -2.28. The van der Waals surface area contributed by atoms with Crippen molar-refractivity contribution in [3.8, 4) is 17.0 Å². The molecule has 1 aliphatic heterocycles. The van der Waals surface area contributed by atoms with Crippen molar-refractivity contribution in [1.82, 2.24) is 10.3 Å². The van der Waals surface area contributed by atoms with Gasteiger partial charge in [0.05, 0.1) is 5.69 Å². The van der Waals surface area contributed by atoms with Crippen LogP contribution in [-0.4, -0.2) is 36.3 Å². The first kappa shape index (κ1) is 19.2. The Hall–Kier alpha value is -1.59. The maximum atomic E-state index is 10.9. The van der Waals surface area contributed by atoms with Crippen LogP contribution in [0.15, 0.2) is 17.5 Å². The molecular weight excluding hydrogens is 342 g/mol. The van der Waals surface area contributed by atoms with E-state index in [4.69, 9.17) is 4.98 Å². The highest BCUT2D eigenvalue weighted by molar-refractivity contribution is 7.14. The fourth-order valence-corrected chi connectivity index (χ4v) is 4.21. The lowest BCUT2D eigenvalue weighted by molar-refractivity contribution is 0.423. The molecule has 0 unspecified atom stereocenters. The van der Waals surface area contributed by atoms with Gasteiger partial charge >= 0.3 is 0 Å². The molecule has 1 aliphatic rings. The highest BCUT2D eigenvalue weighted by atomic mass is 32.1. The summed E-state index contributed by atoms with van der Waals surface area (Å²) in [5, 5.41) is 17.5. The van der Waals surface area contributed by atoms with Crippen LogP contribution >= 0.6 is 11.3 Å². The second kappa shape index (κ2) is 6.86. The van der Waals surface area contributed by atoms with Crippen molar-refractivity contribution >= 4 is 16.5 Å². The summed E-state index contributed by atoms with van der Waals surface area (Å²) in [5.74, 6) is 0.423. The minimum atomic E-state index is -0.127. The van der Waals surface area contributed by atoms with Gasteiger partial charge in [-0.3, -0.25) is 0 Å². The molecule has 0 saturated carbocycles. The summed E-state index contributed by atoms with van der Waals surface area (Å²) < 4.78 is 0. The zero-order valence-corrected chi connectivity index (χ0v) is 17.6. The number of thiazole rings is 1. The minimum absolute atomic E-state index is 0.127. The zero-order chi connectivity index (χ0) is 19.1. The summed E-state index contributed by atoms with van der Waals surface area (Å²) in [6.45, 7) is 16.9. The molecule has 0 atom stereocenters. The van der Waals surface area contributed by atoms with Crippen LogP contribution in [0, 0.1) is 0 Å². The molecule has 2 aromatic rings. The van der Waals surface area contributed by atoms with Gasteiger partial charge in [0.15, 0.2) is 5.13 Å². The van der Waals surface area contributed by atoms with Crippen LogP contribution < -0.4 is 10.2 Å². The highest BCUT2D eigenvalue weighted by Crippen LogP contribution is 2.42. The van der Waals surface area contributed by atoms with E-state index in [1.54, 1.807) is 11.3 Å². The average molecular weight is 374 g/mol. The predicted octanol–water partition coefficient (Wildman–Crippen LogP) is 4.52. The maximum absolute atomic E-state index is 10.9. The Morgan fingerprint density at radius 3 is 2.04 bits per heavy atom. The summed E-state index contributed by atoms with van der Waals surface area (Å²) in [5.41, 5.74) is 3.80. The van der Waals surface area contributed by atoms with Crippen molar-refractivity contribution in [3.63, 3.8) is 0 Å². The van der Waals surface area contributed by atoms with Gasteiger partial charge in [0.1, 0.15) is 5.75 Å². The summed E-state index contributed by atoms with van der Waals surface area (Å²) in [7, 11) is 0. The molecule has 0 spiro atoms. The van der Waals surface area contributed by atoms with Gasteiger partial charge < -0.3 is 15.3 Å². The van der Waals surface area contributed by atoms with Crippen LogP contribution in [0.3, 0.4) is 0 Å². The minimum Gasteiger partial charge on any atom is -0.507 e. The fraction of sp³-hybridized carbons (Fsp3) is 0.571. The summed E-state index contributed by atoms with van der Waals surface area (Å²) in [4.78, 5) is 7.26. The molecule has 1 fully saturated rings. The van der Waals surface area contributed by atoms with Crippen molar-refractivity contribution in [2.24, 2.45) is 0 Å². The van der Waals surface area contributed by atoms with E-state index in [0.717, 1.165) is 53.7 Å². The fourth-order valence-electron chi connectivity index (χ4n) is 3.32. The quantitative estimate of drug-likeness (QED) is 0.812. The van der Waals surface area contributed by atoms with Crippen molar-refractivity contribution < 1.29 is 5.11 Å². The van der Waals surface area contributed by atoms with Crippen molar-refractivity contribution in [1.29, 1.82) is 0 Å². The van der Waals surface area contributed by atoms with E-state index in [-0.39, 0.29) is 10.8 Å². The first-order chi connectivity index (χ1) is 12.1. The van der Waals surface area contributed by atoms with Gasteiger partial charge in [-0.05, 0) is 23.0 Å². The van der Waals surface area contributed by atoms with Crippen LogP contribution in [0.25, 0.3) is 11.3 Å². The van der Waals surface area contributed by atoms with Gasteiger partial charge in [0.2, 0.25) is 0 Å². The number of phenolic OH excluding ortho intramolecular Hbond substituents is 1. The number of nitrogens with one attached hydrogen (secondary N) is 1. The molecule has 142 valence electrons. The Bertz CT molecular complexity index is 742. The molecule has 0 bridgehead atoms. The van der Waals surface area contributed by atoms with Crippen LogP contribution in [-0.2, 0) is 10.8 Å².